The molecule has 0 N–H and O–H groups in total. The zero-order valence-electron chi connectivity index (χ0n) is 46.3. The first-order valence-corrected chi connectivity index (χ1v) is 28.6. The third-order valence-electron chi connectivity index (χ3n) is 11.2. The van der Waals surface area contributed by atoms with E-state index >= 15 is 0 Å². The van der Waals surface area contributed by atoms with E-state index in [1.807, 2.05) is 24.3 Å². The second-order valence-corrected chi connectivity index (χ2v) is 18.1. The number of unbranched alkanes of at least 4 members (excludes halogenated alkanes) is 10. The zero-order chi connectivity index (χ0) is 52.9. The van der Waals surface area contributed by atoms with E-state index in [1.165, 1.54) is 70.6 Å². The Balaban J connectivity index is 4.73. The molecule has 0 aromatic carbocycles. The first-order valence-electron chi connectivity index (χ1n) is 28.6. The number of ether oxygens (including phenoxy) is 3. The van der Waals surface area contributed by atoms with Crippen LogP contribution in [0.1, 0.15) is 213 Å². The molecule has 0 aromatic heterocycles. The van der Waals surface area contributed by atoms with Crippen molar-refractivity contribution in [3.63, 3.8) is 0 Å². The highest BCUT2D eigenvalue weighted by Crippen LogP contribution is 2.10. The van der Waals surface area contributed by atoms with Gasteiger partial charge in [-0.15, -0.1) is 0 Å². The van der Waals surface area contributed by atoms with Crippen molar-refractivity contribution in [3.05, 3.63) is 170 Å². The number of carbonyl (C=O) groups excluding carboxylic acids is 3. The van der Waals surface area contributed by atoms with Crippen LogP contribution < -0.4 is 0 Å². The molecular formula is C67H102O6. The van der Waals surface area contributed by atoms with Crippen LogP contribution in [0.25, 0.3) is 0 Å². The van der Waals surface area contributed by atoms with Crippen LogP contribution in [0.4, 0.5) is 0 Å². The lowest BCUT2D eigenvalue weighted by Gasteiger charge is -2.18. The molecule has 0 fully saturated rings. The van der Waals surface area contributed by atoms with E-state index in [9.17, 15) is 14.4 Å². The summed E-state index contributed by atoms with van der Waals surface area (Å²) in [5.74, 6) is -1.19. The summed E-state index contributed by atoms with van der Waals surface area (Å²) in [6.07, 6.45) is 88.0. The number of carbonyl (C=O) groups is 3. The van der Waals surface area contributed by atoms with Gasteiger partial charge in [-0.05, 0) is 128 Å². The molecule has 0 aliphatic carbocycles. The summed E-state index contributed by atoms with van der Waals surface area (Å²) in [5.41, 5.74) is 0. The lowest BCUT2D eigenvalue weighted by Crippen LogP contribution is -2.30. The molecule has 0 rings (SSSR count). The standard InChI is InChI=1S/C67H102O6/c1-4-7-10-13-16-19-22-25-28-31-33-36-39-42-45-48-51-54-57-60-66(69)72-63-64(62-71-65(68)59-56-53-50-47-44-41-38-35-30-27-24-21-18-15-12-9-6-3)73-67(70)61-58-55-52-49-46-43-40-37-34-32-29-26-23-20-17-14-11-8-5-2/h7,10,16-17,19-20,25-30,33-34,36-38,41-43,45-47,50-52,54-55,64H,4-6,8-9,11-15,18,21-24,31-32,35,39-40,44,48-49,53,56-63H2,1-3H3/b10-7-,19-16-,20-17-,28-25-,29-26-,30-27-,36-33-,37-34-,41-38-,45-42-,46-43-,50-47-,54-51-,55-52-/t64-/m0/s1. The molecule has 0 aliphatic heterocycles. The Kier molecular flexibility index (Phi) is 55.1. The fourth-order valence-corrected chi connectivity index (χ4v) is 6.94. The Morgan fingerprint density at radius 2 is 0.562 bits per heavy atom. The molecule has 0 bridgehead atoms. The molecule has 0 amide bonds. The minimum absolute atomic E-state index is 0.166. The van der Waals surface area contributed by atoms with Crippen LogP contribution in [-0.2, 0) is 28.6 Å². The fraction of sp³-hybridized carbons (Fsp3) is 0.537. The Hall–Kier alpha value is -5.23. The maximum Gasteiger partial charge on any atom is 0.306 e. The van der Waals surface area contributed by atoms with Crippen molar-refractivity contribution in [2.75, 3.05) is 13.2 Å². The van der Waals surface area contributed by atoms with Gasteiger partial charge in [-0.2, -0.15) is 0 Å². The Labute approximate surface area is 447 Å². The second kappa shape index (κ2) is 59.3. The van der Waals surface area contributed by atoms with Gasteiger partial charge in [-0.3, -0.25) is 14.4 Å². The third kappa shape index (κ3) is 57.5. The molecule has 73 heavy (non-hydrogen) atoms. The molecule has 0 aliphatic rings. The van der Waals surface area contributed by atoms with Gasteiger partial charge < -0.3 is 14.2 Å². The number of allylic oxidation sites excluding steroid dienone is 28. The highest BCUT2D eigenvalue weighted by atomic mass is 16.6. The van der Waals surface area contributed by atoms with Crippen molar-refractivity contribution < 1.29 is 28.6 Å². The summed E-state index contributed by atoms with van der Waals surface area (Å²) < 4.78 is 16.7. The maximum absolute atomic E-state index is 12.8. The highest BCUT2D eigenvalue weighted by molar-refractivity contribution is 5.71. The van der Waals surface area contributed by atoms with Crippen molar-refractivity contribution in [1.29, 1.82) is 0 Å². The monoisotopic (exact) mass is 1000 g/mol. The van der Waals surface area contributed by atoms with Crippen molar-refractivity contribution in [2.24, 2.45) is 0 Å². The SMILES string of the molecule is CC/C=C\C/C=C\C/C=C\C/C=C\C/C=C\C/C=C\CCC(=O)OC[C@H](COC(=O)CCC/C=C\C/C=C\C/C=C\CCCCCCCC)OC(=O)CC/C=C\C/C=C\C/C=C\C/C=C\C/C=C\CCCCC. The van der Waals surface area contributed by atoms with Gasteiger partial charge in [0.2, 0.25) is 0 Å². The summed E-state index contributed by atoms with van der Waals surface area (Å²) >= 11 is 0. The number of rotatable bonds is 49. The van der Waals surface area contributed by atoms with E-state index in [0.29, 0.717) is 19.3 Å². The molecule has 0 radical (unpaired) electrons. The van der Waals surface area contributed by atoms with E-state index in [-0.39, 0.29) is 38.4 Å². The van der Waals surface area contributed by atoms with Gasteiger partial charge in [0.15, 0.2) is 6.10 Å². The summed E-state index contributed by atoms with van der Waals surface area (Å²) in [5, 5.41) is 0. The maximum atomic E-state index is 12.8. The molecule has 0 aromatic rings. The topological polar surface area (TPSA) is 78.9 Å². The van der Waals surface area contributed by atoms with Crippen molar-refractivity contribution in [1.82, 2.24) is 0 Å². The van der Waals surface area contributed by atoms with Crippen LogP contribution >= 0.6 is 0 Å². The summed E-state index contributed by atoms with van der Waals surface area (Å²) in [4.78, 5) is 38.1. The molecule has 0 unspecified atom stereocenters. The number of esters is 3. The molecule has 6 heteroatoms. The van der Waals surface area contributed by atoms with Gasteiger partial charge in [0, 0.05) is 19.3 Å². The predicted octanol–water partition coefficient (Wildman–Crippen LogP) is 19.5. The molecule has 406 valence electrons. The van der Waals surface area contributed by atoms with Crippen LogP contribution in [0, 0.1) is 0 Å². The number of hydrogen-bond donors (Lipinski definition) is 0. The fourth-order valence-electron chi connectivity index (χ4n) is 6.94. The lowest BCUT2D eigenvalue weighted by molar-refractivity contribution is -0.166. The largest absolute Gasteiger partial charge is 0.462 e. The quantitative estimate of drug-likeness (QED) is 0.0261. The summed E-state index contributed by atoms with van der Waals surface area (Å²) in [7, 11) is 0. The minimum atomic E-state index is -0.879. The van der Waals surface area contributed by atoms with Gasteiger partial charge in [0.1, 0.15) is 13.2 Å². The summed E-state index contributed by atoms with van der Waals surface area (Å²) in [6, 6.07) is 0. The first kappa shape index (κ1) is 67.8. The van der Waals surface area contributed by atoms with Crippen LogP contribution in [0.3, 0.4) is 0 Å². The molecule has 0 saturated carbocycles. The molecule has 1 atom stereocenters. The number of hydrogen-bond acceptors (Lipinski definition) is 6. The van der Waals surface area contributed by atoms with E-state index < -0.39 is 18.0 Å². The molecule has 6 nitrogen and oxygen atoms in total. The van der Waals surface area contributed by atoms with Crippen LogP contribution in [0.2, 0.25) is 0 Å². The van der Waals surface area contributed by atoms with Gasteiger partial charge in [-0.25, -0.2) is 0 Å². The van der Waals surface area contributed by atoms with E-state index in [0.717, 1.165) is 83.5 Å². The van der Waals surface area contributed by atoms with Gasteiger partial charge in [0.05, 0.1) is 0 Å². The van der Waals surface area contributed by atoms with Gasteiger partial charge in [-0.1, -0.05) is 236 Å². The highest BCUT2D eigenvalue weighted by Gasteiger charge is 2.19. The second-order valence-electron chi connectivity index (χ2n) is 18.1. The zero-order valence-corrected chi connectivity index (χ0v) is 46.3. The van der Waals surface area contributed by atoms with Crippen LogP contribution in [0.15, 0.2) is 170 Å². The molecule has 0 heterocycles. The van der Waals surface area contributed by atoms with Crippen molar-refractivity contribution in [2.45, 2.75) is 219 Å². The van der Waals surface area contributed by atoms with E-state index in [1.54, 1.807) is 0 Å². The van der Waals surface area contributed by atoms with E-state index in [4.69, 9.17) is 14.2 Å². The normalized spacial score (nSPS) is 13.4. The van der Waals surface area contributed by atoms with Crippen molar-refractivity contribution >= 4 is 17.9 Å². The van der Waals surface area contributed by atoms with E-state index in [2.05, 4.69) is 167 Å². The van der Waals surface area contributed by atoms with Crippen LogP contribution in [-0.4, -0.2) is 37.2 Å². The minimum Gasteiger partial charge on any atom is -0.462 e. The Morgan fingerprint density at radius 1 is 0.288 bits per heavy atom. The third-order valence-corrected chi connectivity index (χ3v) is 11.2. The summed E-state index contributed by atoms with van der Waals surface area (Å²) in [6.45, 7) is 6.30. The Bertz CT molecular complexity index is 1720. The van der Waals surface area contributed by atoms with Crippen LogP contribution in [0.5, 0.6) is 0 Å². The van der Waals surface area contributed by atoms with Gasteiger partial charge in [0.25, 0.3) is 0 Å². The molecule has 0 spiro atoms. The van der Waals surface area contributed by atoms with Gasteiger partial charge >= 0.3 is 17.9 Å². The van der Waals surface area contributed by atoms with Crippen molar-refractivity contribution in [3.8, 4) is 0 Å². The molecule has 0 saturated heterocycles. The molecular weight excluding hydrogens is 901 g/mol. The average molecular weight is 1000 g/mol. The predicted molar refractivity (Wildman–Crippen MR) is 315 cm³/mol. The first-order chi connectivity index (χ1) is 36.0. The Morgan fingerprint density at radius 3 is 0.945 bits per heavy atom. The smallest absolute Gasteiger partial charge is 0.306 e. The lowest BCUT2D eigenvalue weighted by atomic mass is 10.1. The average Bonchev–Trinajstić information content (AvgIpc) is 3.39.